The zero-order valence-corrected chi connectivity index (χ0v) is 15.4. The molecular weight excluding hydrogens is 352 g/mol. The van der Waals surface area contributed by atoms with Gasteiger partial charge in [0.05, 0.1) is 11.3 Å². The molecule has 2 fully saturated rings. The minimum atomic E-state index is -2.66. The third-order valence-corrected chi connectivity index (χ3v) is 5.55. The van der Waals surface area contributed by atoms with Gasteiger partial charge in [0, 0.05) is 36.8 Å². The van der Waals surface area contributed by atoms with Crippen molar-refractivity contribution < 1.29 is 13.6 Å². The molecule has 6 nitrogen and oxygen atoms in total. The van der Waals surface area contributed by atoms with Gasteiger partial charge in [0.2, 0.25) is 5.91 Å². The van der Waals surface area contributed by atoms with Crippen molar-refractivity contribution in [3.63, 3.8) is 0 Å². The summed E-state index contributed by atoms with van der Waals surface area (Å²) < 4.78 is 27.2. The van der Waals surface area contributed by atoms with Crippen molar-refractivity contribution >= 4 is 22.8 Å². The number of hydrogen-bond acceptors (Lipinski definition) is 4. The van der Waals surface area contributed by atoms with Crippen LogP contribution in [0.3, 0.4) is 0 Å². The first-order valence-corrected chi connectivity index (χ1v) is 9.20. The van der Waals surface area contributed by atoms with Crippen molar-refractivity contribution in [1.82, 2.24) is 19.9 Å². The zero-order chi connectivity index (χ0) is 19.3. The van der Waals surface area contributed by atoms with E-state index in [4.69, 9.17) is 0 Å². The lowest BCUT2D eigenvalue weighted by Gasteiger charge is -2.38. The Hall–Kier alpha value is -2.51. The van der Waals surface area contributed by atoms with E-state index in [0.717, 1.165) is 12.8 Å². The van der Waals surface area contributed by atoms with Crippen molar-refractivity contribution in [2.75, 3.05) is 11.9 Å². The lowest BCUT2D eigenvalue weighted by atomic mass is 9.98. The second kappa shape index (κ2) is 6.28. The molecule has 3 atom stereocenters. The number of amides is 1. The molecule has 1 unspecified atom stereocenters. The van der Waals surface area contributed by atoms with E-state index in [9.17, 15) is 13.6 Å². The van der Waals surface area contributed by atoms with Crippen LogP contribution in [-0.4, -0.2) is 50.3 Å². The van der Waals surface area contributed by atoms with Crippen LogP contribution in [0.15, 0.2) is 24.7 Å². The molecule has 1 aliphatic heterocycles. The van der Waals surface area contributed by atoms with Crippen molar-refractivity contribution in [3.05, 3.63) is 30.2 Å². The molecule has 3 heterocycles. The number of alkyl halides is 2. The molecule has 2 aromatic heterocycles. The molecule has 1 saturated carbocycles. The summed E-state index contributed by atoms with van der Waals surface area (Å²) in [6.45, 7) is 8.01. The monoisotopic (exact) mass is 375 g/mol. The molecular formula is C19H23F2N5O. The zero-order valence-electron chi connectivity index (χ0n) is 15.4. The summed E-state index contributed by atoms with van der Waals surface area (Å²) in [6.07, 6.45) is 4.60. The van der Waals surface area contributed by atoms with E-state index in [1.165, 1.54) is 6.33 Å². The summed E-state index contributed by atoms with van der Waals surface area (Å²) in [5.41, 5.74) is 1.61. The van der Waals surface area contributed by atoms with E-state index in [1.807, 2.05) is 11.8 Å². The maximum Gasteiger partial charge on any atom is 0.256 e. The van der Waals surface area contributed by atoms with Crippen LogP contribution < -0.4 is 5.32 Å². The number of nitrogens with zero attached hydrogens (tertiary/aromatic N) is 3. The highest BCUT2D eigenvalue weighted by Crippen LogP contribution is 2.57. The van der Waals surface area contributed by atoms with Gasteiger partial charge in [-0.2, -0.15) is 0 Å². The lowest BCUT2D eigenvalue weighted by Crippen LogP contribution is -2.50. The number of likely N-dealkylation sites (tertiary alicyclic amines) is 1. The number of piperidine rings is 1. The normalized spacial score (nSPS) is 26.8. The Morgan fingerprint density at radius 2 is 2.15 bits per heavy atom. The number of carbonyl (C=O) groups is 1. The van der Waals surface area contributed by atoms with Gasteiger partial charge in [0.25, 0.3) is 5.92 Å². The summed E-state index contributed by atoms with van der Waals surface area (Å²) in [6, 6.07) is 0.135. The third-order valence-electron chi connectivity index (χ3n) is 5.55. The first-order valence-electron chi connectivity index (χ1n) is 9.20. The van der Waals surface area contributed by atoms with Crippen LogP contribution in [0, 0.1) is 0 Å². The summed E-state index contributed by atoms with van der Waals surface area (Å²) in [5.74, 6) is -2.96. The van der Waals surface area contributed by atoms with E-state index < -0.39 is 11.8 Å². The quantitative estimate of drug-likeness (QED) is 0.803. The van der Waals surface area contributed by atoms with E-state index >= 15 is 0 Å². The van der Waals surface area contributed by atoms with Gasteiger partial charge in [-0.1, -0.05) is 6.58 Å². The maximum absolute atomic E-state index is 13.6. The number of halogens is 2. The van der Waals surface area contributed by atoms with Crippen LogP contribution in [0.25, 0.3) is 11.0 Å². The van der Waals surface area contributed by atoms with E-state index in [1.54, 1.807) is 13.1 Å². The minimum absolute atomic E-state index is 0.00920. The third kappa shape index (κ3) is 3.17. The second-order valence-electron chi connectivity index (χ2n) is 7.71. The van der Waals surface area contributed by atoms with Gasteiger partial charge in [-0.15, -0.1) is 0 Å². The molecule has 1 aliphatic carbocycles. The fourth-order valence-corrected chi connectivity index (χ4v) is 3.87. The molecule has 4 rings (SSSR count). The highest BCUT2D eigenvalue weighted by molar-refractivity contribution is 5.93. The summed E-state index contributed by atoms with van der Waals surface area (Å²) in [4.78, 5) is 25.6. The van der Waals surface area contributed by atoms with Crippen molar-refractivity contribution in [2.45, 2.75) is 57.0 Å². The molecule has 144 valence electrons. The number of carbonyl (C=O) groups excluding carboxylic acids is 1. The highest BCUT2D eigenvalue weighted by Gasteiger charge is 2.58. The molecule has 0 bridgehead atoms. The van der Waals surface area contributed by atoms with Gasteiger partial charge < -0.3 is 15.2 Å². The smallest absolute Gasteiger partial charge is 0.256 e. The van der Waals surface area contributed by atoms with E-state index in [0.29, 0.717) is 34.5 Å². The largest absolute Gasteiger partial charge is 0.365 e. The molecule has 2 N–H and O–H groups in total. The Morgan fingerprint density at radius 3 is 2.81 bits per heavy atom. The molecule has 2 aliphatic rings. The molecule has 1 saturated heterocycles. The number of anilines is 1. The lowest BCUT2D eigenvalue weighted by molar-refractivity contribution is -0.130. The Morgan fingerprint density at radius 1 is 1.41 bits per heavy atom. The number of hydrogen-bond donors (Lipinski definition) is 2. The van der Waals surface area contributed by atoms with Crippen LogP contribution in [0.1, 0.15) is 44.6 Å². The average Bonchev–Trinajstić information content (AvgIpc) is 3.05. The fraction of sp³-hybridized carbons (Fsp3) is 0.526. The SMILES string of the molecule is C=C(C)C(=O)N1CC(Nc2ncnc3[nH]cc([C@@H]4CC4(F)F)c23)CC[C@@H]1C. The Labute approximate surface area is 156 Å². The first-order chi connectivity index (χ1) is 12.8. The molecule has 1 amide bonds. The number of nitrogens with one attached hydrogen (secondary N) is 2. The molecule has 2 aromatic rings. The van der Waals surface area contributed by atoms with Crippen LogP contribution in [0.2, 0.25) is 0 Å². The fourth-order valence-electron chi connectivity index (χ4n) is 3.87. The van der Waals surface area contributed by atoms with Gasteiger partial charge in [-0.05, 0) is 32.3 Å². The van der Waals surface area contributed by atoms with Crippen LogP contribution in [0.5, 0.6) is 0 Å². The van der Waals surface area contributed by atoms with Gasteiger partial charge in [-0.25, -0.2) is 18.7 Å². The molecule has 8 heteroatoms. The Bertz CT molecular complexity index is 909. The molecule has 0 radical (unpaired) electrons. The summed E-state index contributed by atoms with van der Waals surface area (Å²) >= 11 is 0. The Kier molecular flexibility index (Phi) is 4.16. The molecule has 0 spiro atoms. The van der Waals surface area contributed by atoms with Gasteiger partial charge in [0.1, 0.15) is 17.8 Å². The van der Waals surface area contributed by atoms with E-state index in [2.05, 4.69) is 26.8 Å². The summed E-state index contributed by atoms with van der Waals surface area (Å²) in [5, 5.41) is 3.99. The molecule has 27 heavy (non-hydrogen) atoms. The van der Waals surface area contributed by atoms with Crippen LogP contribution in [-0.2, 0) is 4.79 Å². The standard InChI is InChI=1S/C19H23F2N5O/c1-10(2)18(27)26-8-12(5-4-11(26)3)25-17-15-13(14-6-19(14,20)21)7-22-16(15)23-9-24-17/h7,9,11-12,14H,1,4-6,8H2,2-3H3,(H2,22,23,24,25)/t11-,12?,14-/m0/s1. The Balaban J connectivity index is 1.59. The molecule has 0 aromatic carbocycles. The van der Waals surface area contributed by atoms with Gasteiger partial charge >= 0.3 is 0 Å². The average molecular weight is 375 g/mol. The predicted molar refractivity (Wildman–Crippen MR) is 98.8 cm³/mol. The number of H-pyrrole nitrogens is 1. The maximum atomic E-state index is 13.6. The van der Waals surface area contributed by atoms with E-state index in [-0.39, 0.29) is 24.4 Å². The van der Waals surface area contributed by atoms with Crippen LogP contribution >= 0.6 is 0 Å². The van der Waals surface area contributed by atoms with Gasteiger partial charge in [0.15, 0.2) is 0 Å². The van der Waals surface area contributed by atoms with Crippen LogP contribution in [0.4, 0.5) is 14.6 Å². The number of aromatic amines is 1. The predicted octanol–water partition coefficient (Wildman–Crippen LogP) is 3.45. The number of rotatable bonds is 4. The minimum Gasteiger partial charge on any atom is -0.365 e. The second-order valence-corrected chi connectivity index (χ2v) is 7.71. The number of fused-ring (bicyclic) bond motifs is 1. The summed E-state index contributed by atoms with van der Waals surface area (Å²) in [7, 11) is 0. The van der Waals surface area contributed by atoms with Crippen molar-refractivity contribution in [3.8, 4) is 0 Å². The topological polar surface area (TPSA) is 73.9 Å². The first kappa shape index (κ1) is 17.9. The van der Waals surface area contributed by atoms with Crippen molar-refractivity contribution in [1.29, 1.82) is 0 Å². The highest BCUT2D eigenvalue weighted by atomic mass is 19.3. The number of aromatic nitrogens is 3. The van der Waals surface area contributed by atoms with Crippen molar-refractivity contribution in [2.24, 2.45) is 0 Å². The van der Waals surface area contributed by atoms with Gasteiger partial charge in [-0.3, -0.25) is 4.79 Å².